The van der Waals surface area contributed by atoms with Crippen LogP contribution in [0.3, 0.4) is 0 Å². The van der Waals surface area contributed by atoms with Crippen molar-refractivity contribution >= 4 is 17.5 Å². The minimum absolute atomic E-state index is 0.166. The van der Waals surface area contributed by atoms with Crippen LogP contribution in [0.1, 0.15) is 16.8 Å². The highest BCUT2D eigenvalue weighted by atomic mass is 16.2. The predicted molar refractivity (Wildman–Crippen MR) is 135 cm³/mol. The van der Waals surface area contributed by atoms with Crippen LogP contribution in [0.15, 0.2) is 65.8 Å². The molecular formula is C25H28N8O2. The summed E-state index contributed by atoms with van der Waals surface area (Å²) in [7, 11) is 1.79. The van der Waals surface area contributed by atoms with Gasteiger partial charge in [0.15, 0.2) is 5.82 Å². The van der Waals surface area contributed by atoms with Gasteiger partial charge in [-0.05, 0) is 30.5 Å². The number of rotatable bonds is 9. The number of nitrogens with one attached hydrogen (secondary N) is 2. The first-order valence-electron chi connectivity index (χ1n) is 11.3. The second-order valence-corrected chi connectivity index (χ2v) is 8.21. The number of aromatic nitrogens is 5. The Morgan fingerprint density at radius 2 is 1.91 bits per heavy atom. The number of hydrogen-bond donors (Lipinski definition) is 3. The third-order valence-electron chi connectivity index (χ3n) is 5.60. The Labute approximate surface area is 202 Å². The molecule has 4 N–H and O–H groups in total. The SMILES string of the molecule is Cc1nc(N)ccc1CNC(=O)Cn1c(-c2cnn(C)c2)cnc(NCCc2ccccc2)c1=O. The maximum atomic E-state index is 13.3. The summed E-state index contributed by atoms with van der Waals surface area (Å²) in [5, 5.41) is 10.2. The Hall–Kier alpha value is -4.47. The summed E-state index contributed by atoms with van der Waals surface area (Å²) in [6, 6.07) is 13.5. The molecule has 0 atom stereocenters. The fourth-order valence-corrected chi connectivity index (χ4v) is 3.71. The number of nitrogens with zero attached hydrogens (tertiary/aromatic N) is 5. The number of nitrogen functional groups attached to an aromatic ring is 1. The molecule has 0 fully saturated rings. The largest absolute Gasteiger partial charge is 0.384 e. The van der Waals surface area contributed by atoms with Crippen LogP contribution in [0.4, 0.5) is 11.6 Å². The fraction of sp³-hybridized carbons (Fsp3) is 0.240. The van der Waals surface area contributed by atoms with Crippen molar-refractivity contribution in [3.05, 3.63) is 88.2 Å². The predicted octanol–water partition coefficient (Wildman–Crippen LogP) is 1.90. The van der Waals surface area contributed by atoms with E-state index in [9.17, 15) is 9.59 Å². The van der Waals surface area contributed by atoms with Gasteiger partial charge >= 0.3 is 0 Å². The van der Waals surface area contributed by atoms with E-state index in [1.54, 1.807) is 36.4 Å². The summed E-state index contributed by atoms with van der Waals surface area (Å²) in [5.74, 6) is 0.309. The molecule has 4 rings (SSSR count). The van der Waals surface area contributed by atoms with E-state index in [4.69, 9.17) is 5.73 Å². The van der Waals surface area contributed by atoms with Gasteiger partial charge in [-0.15, -0.1) is 0 Å². The first-order chi connectivity index (χ1) is 16.9. The van der Waals surface area contributed by atoms with Crippen molar-refractivity contribution in [2.24, 2.45) is 7.05 Å². The average molecular weight is 473 g/mol. The van der Waals surface area contributed by atoms with Gasteiger partial charge in [0.2, 0.25) is 5.91 Å². The van der Waals surface area contributed by atoms with Crippen molar-refractivity contribution in [2.75, 3.05) is 17.6 Å². The van der Waals surface area contributed by atoms with Crippen LogP contribution in [0.5, 0.6) is 0 Å². The van der Waals surface area contributed by atoms with Gasteiger partial charge in [-0.1, -0.05) is 36.4 Å². The lowest BCUT2D eigenvalue weighted by atomic mass is 10.1. The van der Waals surface area contributed by atoms with Gasteiger partial charge in [0.25, 0.3) is 5.56 Å². The molecule has 0 bridgehead atoms. The third-order valence-corrected chi connectivity index (χ3v) is 5.60. The number of carbonyl (C=O) groups excluding carboxylic acids is 1. The zero-order valence-electron chi connectivity index (χ0n) is 19.7. The molecule has 10 nitrogen and oxygen atoms in total. The normalized spacial score (nSPS) is 10.8. The standard InChI is InChI=1S/C25H28N8O2/c1-17-19(8-9-22(26)31-17)12-28-23(34)16-33-21(20-13-30-32(2)15-20)14-29-24(25(33)35)27-11-10-18-6-4-3-5-7-18/h3-9,13-15H,10-12,16H2,1-2H3,(H2,26,31)(H,27,29)(H,28,34). The van der Waals surface area contributed by atoms with Gasteiger partial charge in [-0.25, -0.2) is 9.97 Å². The number of amides is 1. The summed E-state index contributed by atoms with van der Waals surface area (Å²) < 4.78 is 3.05. The number of aryl methyl sites for hydroxylation is 2. The molecule has 0 aliphatic carbocycles. The Kier molecular flexibility index (Phi) is 7.20. The van der Waals surface area contributed by atoms with Crippen molar-refractivity contribution in [1.29, 1.82) is 0 Å². The molecule has 0 unspecified atom stereocenters. The Bertz CT molecular complexity index is 1380. The monoisotopic (exact) mass is 472 g/mol. The fourth-order valence-electron chi connectivity index (χ4n) is 3.71. The zero-order valence-corrected chi connectivity index (χ0v) is 19.7. The molecule has 1 amide bonds. The topological polar surface area (TPSA) is 133 Å². The van der Waals surface area contributed by atoms with E-state index in [0.29, 0.717) is 23.6 Å². The van der Waals surface area contributed by atoms with Crippen LogP contribution < -0.4 is 21.9 Å². The minimum Gasteiger partial charge on any atom is -0.384 e. The van der Waals surface area contributed by atoms with Crippen LogP contribution in [-0.4, -0.2) is 36.8 Å². The summed E-state index contributed by atoms with van der Waals surface area (Å²) >= 11 is 0. The van der Waals surface area contributed by atoms with E-state index in [1.807, 2.05) is 43.3 Å². The van der Waals surface area contributed by atoms with Crippen molar-refractivity contribution < 1.29 is 4.79 Å². The molecule has 0 saturated heterocycles. The summed E-state index contributed by atoms with van der Waals surface area (Å²) in [4.78, 5) is 34.7. The number of anilines is 2. The highest BCUT2D eigenvalue weighted by Crippen LogP contribution is 2.17. The van der Waals surface area contributed by atoms with E-state index in [0.717, 1.165) is 23.2 Å². The Balaban J connectivity index is 1.53. The maximum Gasteiger partial charge on any atom is 0.294 e. The van der Waals surface area contributed by atoms with E-state index in [2.05, 4.69) is 25.7 Å². The van der Waals surface area contributed by atoms with Crippen molar-refractivity contribution in [1.82, 2.24) is 29.6 Å². The molecule has 0 aliphatic heterocycles. The number of pyridine rings is 1. The van der Waals surface area contributed by atoms with Crippen molar-refractivity contribution in [3.8, 4) is 11.3 Å². The van der Waals surface area contributed by atoms with Gasteiger partial charge in [0, 0.05) is 37.6 Å². The van der Waals surface area contributed by atoms with Crippen LogP contribution in [-0.2, 0) is 31.4 Å². The lowest BCUT2D eigenvalue weighted by Gasteiger charge is -2.14. The lowest BCUT2D eigenvalue weighted by molar-refractivity contribution is -0.121. The summed E-state index contributed by atoms with van der Waals surface area (Å²) in [5.41, 5.74) is 9.28. The Morgan fingerprint density at radius 3 is 2.63 bits per heavy atom. The number of nitrogens with two attached hydrogens (primary N) is 1. The van der Waals surface area contributed by atoms with Gasteiger partial charge in [0.1, 0.15) is 12.4 Å². The average Bonchev–Trinajstić information content (AvgIpc) is 3.27. The number of benzene rings is 1. The van der Waals surface area contributed by atoms with Crippen molar-refractivity contribution in [3.63, 3.8) is 0 Å². The molecule has 4 aromatic rings. The van der Waals surface area contributed by atoms with Gasteiger partial charge in [-0.3, -0.25) is 18.8 Å². The highest BCUT2D eigenvalue weighted by Gasteiger charge is 2.16. The first kappa shape index (κ1) is 23.7. The van der Waals surface area contributed by atoms with E-state index >= 15 is 0 Å². The minimum atomic E-state index is -0.375. The molecule has 3 aromatic heterocycles. The number of carbonyl (C=O) groups is 1. The van der Waals surface area contributed by atoms with Crippen molar-refractivity contribution in [2.45, 2.75) is 26.4 Å². The van der Waals surface area contributed by atoms with Crippen LogP contribution in [0.2, 0.25) is 0 Å². The molecule has 0 spiro atoms. The Morgan fingerprint density at radius 1 is 1.11 bits per heavy atom. The number of hydrogen-bond acceptors (Lipinski definition) is 7. The third kappa shape index (κ3) is 5.91. The van der Waals surface area contributed by atoms with Gasteiger partial charge in [-0.2, -0.15) is 5.10 Å². The molecular weight excluding hydrogens is 444 g/mol. The second kappa shape index (κ2) is 10.6. The quantitative estimate of drug-likeness (QED) is 0.339. The first-order valence-corrected chi connectivity index (χ1v) is 11.3. The molecule has 0 aliphatic rings. The molecule has 10 heteroatoms. The van der Waals surface area contributed by atoms with Gasteiger partial charge < -0.3 is 16.4 Å². The molecule has 3 heterocycles. The highest BCUT2D eigenvalue weighted by molar-refractivity contribution is 5.76. The van der Waals surface area contributed by atoms with E-state index in [-0.39, 0.29) is 30.4 Å². The van der Waals surface area contributed by atoms with E-state index in [1.165, 1.54) is 4.57 Å². The molecule has 1 aromatic carbocycles. The molecule has 35 heavy (non-hydrogen) atoms. The molecule has 0 saturated carbocycles. The second-order valence-electron chi connectivity index (χ2n) is 8.21. The maximum absolute atomic E-state index is 13.3. The van der Waals surface area contributed by atoms with Crippen LogP contribution >= 0.6 is 0 Å². The summed E-state index contributed by atoms with van der Waals surface area (Å²) in [6.45, 7) is 2.48. The van der Waals surface area contributed by atoms with Crippen LogP contribution in [0, 0.1) is 6.92 Å². The van der Waals surface area contributed by atoms with Crippen LogP contribution in [0.25, 0.3) is 11.3 Å². The molecule has 180 valence electrons. The molecule has 0 radical (unpaired) electrons. The lowest BCUT2D eigenvalue weighted by Crippen LogP contribution is -2.34. The van der Waals surface area contributed by atoms with E-state index < -0.39 is 0 Å². The zero-order chi connectivity index (χ0) is 24.8. The smallest absolute Gasteiger partial charge is 0.294 e. The van der Waals surface area contributed by atoms with Gasteiger partial charge in [0.05, 0.1) is 18.1 Å². The summed E-state index contributed by atoms with van der Waals surface area (Å²) in [6.07, 6.45) is 5.74.